The van der Waals surface area contributed by atoms with Crippen LogP contribution in [-0.4, -0.2) is 75.0 Å². The van der Waals surface area contributed by atoms with Crippen LogP contribution in [0.4, 0.5) is 5.82 Å². The van der Waals surface area contributed by atoms with Crippen LogP contribution in [0.3, 0.4) is 0 Å². The number of hydrogen-bond donors (Lipinski definition) is 1. The van der Waals surface area contributed by atoms with Crippen molar-refractivity contribution in [2.45, 2.75) is 19.9 Å². The van der Waals surface area contributed by atoms with E-state index in [1.165, 1.54) is 5.56 Å². The molecule has 1 N–H and O–H groups in total. The zero-order valence-electron chi connectivity index (χ0n) is 16.7. The molecule has 4 rings (SSSR count). The number of aryl methyl sites for hydroxylation is 1. The Bertz CT molecular complexity index is 950. The number of rotatable bonds is 7. The zero-order valence-corrected chi connectivity index (χ0v) is 16.7. The molecule has 1 aromatic carbocycles. The molecule has 0 bridgehead atoms. The summed E-state index contributed by atoms with van der Waals surface area (Å²) in [6, 6.07) is 10.2. The van der Waals surface area contributed by atoms with Gasteiger partial charge in [-0.2, -0.15) is 0 Å². The first-order valence-electron chi connectivity index (χ1n) is 10.1. The number of benzene rings is 1. The lowest BCUT2D eigenvalue weighted by atomic mass is 10.1. The van der Waals surface area contributed by atoms with Crippen LogP contribution in [0.15, 0.2) is 36.7 Å². The molecular formula is C20H26N8O. The van der Waals surface area contributed by atoms with Crippen molar-refractivity contribution in [3.63, 3.8) is 0 Å². The van der Waals surface area contributed by atoms with E-state index in [4.69, 9.17) is 0 Å². The van der Waals surface area contributed by atoms with Crippen molar-refractivity contribution in [1.29, 1.82) is 0 Å². The molecule has 0 aliphatic carbocycles. The smallest absolute Gasteiger partial charge is 0.234 e. The summed E-state index contributed by atoms with van der Waals surface area (Å²) in [6.45, 7) is 7.02. The van der Waals surface area contributed by atoms with Crippen molar-refractivity contribution in [1.82, 2.24) is 35.2 Å². The Morgan fingerprint density at radius 1 is 1.10 bits per heavy atom. The fourth-order valence-electron chi connectivity index (χ4n) is 3.59. The van der Waals surface area contributed by atoms with Crippen LogP contribution in [0.2, 0.25) is 0 Å². The molecule has 1 saturated heterocycles. The van der Waals surface area contributed by atoms with Crippen molar-refractivity contribution in [2.75, 3.05) is 44.2 Å². The first kappa shape index (κ1) is 19.3. The molecule has 3 aromatic rings. The maximum atomic E-state index is 12.3. The van der Waals surface area contributed by atoms with Crippen LogP contribution in [0.25, 0.3) is 11.2 Å². The van der Waals surface area contributed by atoms with E-state index in [0.29, 0.717) is 13.1 Å². The fourth-order valence-corrected chi connectivity index (χ4v) is 3.59. The second-order valence-corrected chi connectivity index (χ2v) is 7.12. The Morgan fingerprint density at radius 3 is 2.66 bits per heavy atom. The van der Waals surface area contributed by atoms with Gasteiger partial charge in [0.05, 0.1) is 6.54 Å². The number of carbonyl (C=O) groups is 1. The molecule has 0 spiro atoms. The van der Waals surface area contributed by atoms with Gasteiger partial charge in [-0.3, -0.25) is 9.69 Å². The highest BCUT2D eigenvalue weighted by atomic mass is 16.2. The topological polar surface area (TPSA) is 92.1 Å². The van der Waals surface area contributed by atoms with Crippen molar-refractivity contribution in [3.05, 3.63) is 42.2 Å². The molecule has 1 fully saturated rings. The minimum Gasteiger partial charge on any atom is -0.355 e. The number of piperazine rings is 1. The van der Waals surface area contributed by atoms with Crippen molar-refractivity contribution in [2.24, 2.45) is 0 Å². The molecule has 1 aliphatic heterocycles. The summed E-state index contributed by atoms with van der Waals surface area (Å²) in [5.41, 5.74) is 2.73. The van der Waals surface area contributed by atoms with Gasteiger partial charge >= 0.3 is 0 Å². The summed E-state index contributed by atoms with van der Waals surface area (Å²) in [5.74, 6) is 0.895. The van der Waals surface area contributed by atoms with Gasteiger partial charge in [0.15, 0.2) is 17.0 Å². The van der Waals surface area contributed by atoms with Crippen LogP contribution >= 0.6 is 0 Å². The van der Waals surface area contributed by atoms with Gasteiger partial charge in [-0.1, -0.05) is 35.5 Å². The van der Waals surface area contributed by atoms with E-state index in [0.717, 1.165) is 56.1 Å². The van der Waals surface area contributed by atoms with E-state index in [1.54, 1.807) is 11.0 Å². The lowest BCUT2D eigenvalue weighted by Crippen LogP contribution is -2.50. The zero-order chi connectivity index (χ0) is 20.1. The number of amides is 1. The molecule has 29 heavy (non-hydrogen) atoms. The van der Waals surface area contributed by atoms with E-state index < -0.39 is 0 Å². The molecule has 1 aliphatic rings. The SMILES string of the molecule is CCn1nnc2c(N3CCN(CC(=O)NCCc4ccccc4)CC3)ncnc21. The van der Waals surface area contributed by atoms with Gasteiger partial charge in [-0.25, -0.2) is 14.6 Å². The number of fused-ring (bicyclic) bond motifs is 1. The Labute approximate surface area is 169 Å². The van der Waals surface area contributed by atoms with Crippen LogP contribution in [0.1, 0.15) is 12.5 Å². The summed E-state index contributed by atoms with van der Waals surface area (Å²) in [6.07, 6.45) is 2.42. The molecule has 0 radical (unpaired) electrons. The second kappa shape index (κ2) is 8.95. The van der Waals surface area contributed by atoms with Gasteiger partial charge in [0.1, 0.15) is 6.33 Å². The maximum Gasteiger partial charge on any atom is 0.234 e. The third-order valence-electron chi connectivity index (χ3n) is 5.20. The number of anilines is 1. The van der Waals surface area contributed by atoms with E-state index in [9.17, 15) is 4.79 Å². The first-order valence-corrected chi connectivity index (χ1v) is 10.1. The van der Waals surface area contributed by atoms with E-state index >= 15 is 0 Å². The molecule has 2 aromatic heterocycles. The van der Waals surface area contributed by atoms with Crippen LogP contribution in [-0.2, 0) is 17.8 Å². The maximum absolute atomic E-state index is 12.3. The van der Waals surface area contributed by atoms with Crippen LogP contribution < -0.4 is 10.2 Å². The Balaban J connectivity index is 1.26. The van der Waals surface area contributed by atoms with Crippen molar-refractivity contribution < 1.29 is 4.79 Å². The molecule has 3 heterocycles. The molecule has 0 saturated carbocycles. The Morgan fingerprint density at radius 2 is 1.90 bits per heavy atom. The van der Waals surface area contributed by atoms with E-state index in [2.05, 4.69) is 47.5 Å². The highest BCUT2D eigenvalue weighted by Gasteiger charge is 2.23. The quantitative estimate of drug-likeness (QED) is 0.631. The summed E-state index contributed by atoms with van der Waals surface area (Å²) in [7, 11) is 0. The average Bonchev–Trinajstić information content (AvgIpc) is 3.18. The van der Waals surface area contributed by atoms with Gasteiger partial charge < -0.3 is 10.2 Å². The monoisotopic (exact) mass is 394 g/mol. The standard InChI is InChI=1S/C20H26N8O/c1-2-28-20-18(24-25-28)19(22-15-23-20)27-12-10-26(11-13-27)14-17(29)21-9-8-16-6-4-3-5-7-16/h3-7,15H,2,8-14H2,1H3,(H,21,29). The molecule has 9 nitrogen and oxygen atoms in total. The number of nitrogens with one attached hydrogen (secondary N) is 1. The van der Waals surface area contributed by atoms with Gasteiger partial charge in [-0.05, 0) is 18.9 Å². The lowest BCUT2D eigenvalue weighted by Gasteiger charge is -2.34. The minimum absolute atomic E-state index is 0.0738. The average molecular weight is 394 g/mol. The lowest BCUT2D eigenvalue weighted by molar-refractivity contribution is -0.122. The predicted molar refractivity (Wildman–Crippen MR) is 111 cm³/mol. The fraction of sp³-hybridized carbons (Fsp3) is 0.450. The highest BCUT2D eigenvalue weighted by molar-refractivity contribution is 5.82. The summed E-state index contributed by atoms with van der Waals surface area (Å²) < 4.78 is 1.77. The van der Waals surface area contributed by atoms with Gasteiger partial charge in [0, 0.05) is 39.3 Å². The molecule has 0 unspecified atom stereocenters. The number of carbonyl (C=O) groups excluding carboxylic acids is 1. The first-order chi connectivity index (χ1) is 14.2. The molecule has 0 atom stereocenters. The third-order valence-corrected chi connectivity index (χ3v) is 5.20. The predicted octanol–water partition coefficient (Wildman–Crippen LogP) is 0.722. The van der Waals surface area contributed by atoms with Gasteiger partial charge in [0.25, 0.3) is 0 Å². The number of nitrogens with zero attached hydrogens (tertiary/aromatic N) is 7. The molecule has 1 amide bonds. The van der Waals surface area contributed by atoms with E-state index in [1.807, 2.05) is 25.1 Å². The molecular weight excluding hydrogens is 368 g/mol. The highest BCUT2D eigenvalue weighted by Crippen LogP contribution is 2.21. The van der Waals surface area contributed by atoms with Gasteiger partial charge in [-0.15, -0.1) is 5.10 Å². The van der Waals surface area contributed by atoms with Crippen LogP contribution in [0, 0.1) is 0 Å². The number of hydrogen-bond acceptors (Lipinski definition) is 7. The largest absolute Gasteiger partial charge is 0.355 e. The summed E-state index contributed by atoms with van der Waals surface area (Å²) >= 11 is 0. The van der Waals surface area contributed by atoms with Gasteiger partial charge in [0.2, 0.25) is 5.91 Å². The summed E-state index contributed by atoms with van der Waals surface area (Å²) in [5, 5.41) is 11.4. The molecule has 9 heteroatoms. The van der Waals surface area contributed by atoms with Crippen molar-refractivity contribution >= 4 is 22.9 Å². The summed E-state index contributed by atoms with van der Waals surface area (Å²) in [4.78, 5) is 25.4. The molecule has 152 valence electrons. The van der Waals surface area contributed by atoms with Crippen molar-refractivity contribution in [3.8, 4) is 0 Å². The normalized spacial score (nSPS) is 15.0. The Kier molecular flexibility index (Phi) is 5.95. The third kappa shape index (κ3) is 4.51. The Hall–Kier alpha value is -3.07. The number of aromatic nitrogens is 5. The minimum atomic E-state index is 0.0738. The van der Waals surface area contributed by atoms with E-state index in [-0.39, 0.29) is 5.91 Å². The van der Waals surface area contributed by atoms with Crippen LogP contribution in [0.5, 0.6) is 0 Å². The second-order valence-electron chi connectivity index (χ2n) is 7.12.